The van der Waals surface area contributed by atoms with Gasteiger partial charge in [0.1, 0.15) is 12.1 Å². The van der Waals surface area contributed by atoms with E-state index in [-0.39, 0.29) is 0 Å². The second-order valence-electron chi connectivity index (χ2n) is 4.80. The number of para-hydroxylation sites is 1. The lowest BCUT2D eigenvalue weighted by Gasteiger charge is -2.25. The fraction of sp³-hybridized carbons (Fsp3) is 0.375. The summed E-state index contributed by atoms with van der Waals surface area (Å²) in [6, 6.07) is 10.4. The lowest BCUT2D eigenvalue weighted by Crippen LogP contribution is -2.23. The van der Waals surface area contributed by atoms with E-state index < -0.39 is 0 Å². The number of benzene rings is 1. The van der Waals surface area contributed by atoms with Gasteiger partial charge in [-0.3, -0.25) is 0 Å². The maximum atomic E-state index is 5.67. The molecule has 4 nitrogen and oxygen atoms in total. The van der Waals surface area contributed by atoms with E-state index in [1.807, 2.05) is 0 Å². The number of nitrogens with zero attached hydrogens (tertiary/aromatic N) is 3. The van der Waals surface area contributed by atoms with Crippen molar-refractivity contribution >= 4 is 11.5 Å². The third kappa shape index (κ3) is 3.33. The van der Waals surface area contributed by atoms with Crippen molar-refractivity contribution < 1.29 is 0 Å². The Balaban J connectivity index is 2.38. The topological polar surface area (TPSA) is 55.0 Å². The van der Waals surface area contributed by atoms with Gasteiger partial charge in [0.25, 0.3) is 0 Å². The van der Waals surface area contributed by atoms with Crippen molar-refractivity contribution in [2.75, 3.05) is 18.0 Å². The van der Waals surface area contributed by atoms with Crippen molar-refractivity contribution in [1.29, 1.82) is 0 Å². The molecule has 1 heterocycles. The fourth-order valence-corrected chi connectivity index (χ4v) is 2.20. The Morgan fingerprint density at radius 3 is 2.70 bits per heavy atom. The number of hydrogen-bond acceptors (Lipinski definition) is 4. The highest BCUT2D eigenvalue weighted by Crippen LogP contribution is 2.27. The number of aromatic nitrogens is 2. The lowest BCUT2D eigenvalue weighted by molar-refractivity contribution is 0.804. The Labute approximate surface area is 120 Å². The van der Waals surface area contributed by atoms with E-state index in [1.54, 1.807) is 6.33 Å². The maximum absolute atomic E-state index is 5.67. The third-order valence-electron chi connectivity index (χ3n) is 3.34. The summed E-state index contributed by atoms with van der Waals surface area (Å²) >= 11 is 0. The molecule has 2 rings (SSSR count). The van der Waals surface area contributed by atoms with Crippen LogP contribution in [0.15, 0.2) is 36.7 Å². The van der Waals surface area contributed by atoms with Gasteiger partial charge in [-0.2, -0.15) is 0 Å². The highest BCUT2D eigenvalue weighted by atomic mass is 15.2. The summed E-state index contributed by atoms with van der Waals surface area (Å²) in [4.78, 5) is 10.9. The molecule has 1 aromatic carbocycles. The molecule has 0 radical (unpaired) electrons. The number of hydrogen-bond donors (Lipinski definition) is 1. The average Bonchev–Trinajstić information content (AvgIpc) is 2.49. The van der Waals surface area contributed by atoms with Crippen molar-refractivity contribution in [2.24, 2.45) is 5.73 Å². The summed E-state index contributed by atoms with van der Waals surface area (Å²) in [5, 5.41) is 0. The molecule has 0 spiro atoms. The van der Waals surface area contributed by atoms with Crippen LogP contribution in [-0.2, 0) is 6.42 Å². The molecular weight excluding hydrogens is 248 g/mol. The molecular formula is C16H22N4. The Hall–Kier alpha value is -1.94. The molecule has 0 aliphatic carbocycles. The first kappa shape index (κ1) is 14.5. The van der Waals surface area contributed by atoms with E-state index in [2.05, 4.69) is 59.0 Å². The molecule has 0 unspecified atom stereocenters. The van der Waals surface area contributed by atoms with Crippen LogP contribution in [0.4, 0.5) is 11.5 Å². The Morgan fingerprint density at radius 1 is 1.20 bits per heavy atom. The highest BCUT2D eigenvalue weighted by molar-refractivity contribution is 5.63. The molecule has 0 saturated carbocycles. The molecule has 0 saturated heterocycles. The Morgan fingerprint density at radius 2 is 2.00 bits per heavy atom. The van der Waals surface area contributed by atoms with Crippen LogP contribution in [0.1, 0.15) is 24.6 Å². The van der Waals surface area contributed by atoms with E-state index in [0.717, 1.165) is 30.9 Å². The van der Waals surface area contributed by atoms with Gasteiger partial charge in [-0.15, -0.1) is 0 Å². The van der Waals surface area contributed by atoms with Crippen LogP contribution in [0.3, 0.4) is 0 Å². The minimum absolute atomic E-state index is 0.675. The first-order chi connectivity index (χ1) is 9.76. The predicted molar refractivity (Wildman–Crippen MR) is 83.3 cm³/mol. The Bertz CT molecular complexity index is 554. The first-order valence-corrected chi connectivity index (χ1v) is 7.10. The maximum Gasteiger partial charge on any atom is 0.136 e. The van der Waals surface area contributed by atoms with Gasteiger partial charge in [0.2, 0.25) is 0 Å². The van der Waals surface area contributed by atoms with Crippen LogP contribution in [0.5, 0.6) is 0 Å². The van der Waals surface area contributed by atoms with Gasteiger partial charge in [-0.05, 0) is 37.9 Å². The molecule has 0 atom stereocenters. The Kier molecular flexibility index (Phi) is 5.07. The first-order valence-electron chi connectivity index (χ1n) is 7.10. The molecule has 0 aliphatic rings. The monoisotopic (exact) mass is 270 g/mol. The van der Waals surface area contributed by atoms with Gasteiger partial charge in [-0.1, -0.05) is 25.1 Å². The van der Waals surface area contributed by atoms with Crippen LogP contribution in [0, 0.1) is 6.92 Å². The minimum Gasteiger partial charge on any atom is -0.330 e. The molecule has 0 bridgehead atoms. The molecule has 20 heavy (non-hydrogen) atoms. The van der Waals surface area contributed by atoms with E-state index in [4.69, 9.17) is 5.73 Å². The molecule has 0 amide bonds. The zero-order valence-corrected chi connectivity index (χ0v) is 12.2. The fourth-order valence-electron chi connectivity index (χ4n) is 2.20. The average molecular weight is 270 g/mol. The van der Waals surface area contributed by atoms with Crippen molar-refractivity contribution in [3.63, 3.8) is 0 Å². The van der Waals surface area contributed by atoms with Crippen LogP contribution in [0.25, 0.3) is 0 Å². The summed E-state index contributed by atoms with van der Waals surface area (Å²) < 4.78 is 0. The van der Waals surface area contributed by atoms with Crippen molar-refractivity contribution in [3.05, 3.63) is 47.9 Å². The summed E-state index contributed by atoms with van der Waals surface area (Å²) in [5.41, 5.74) is 9.14. The lowest BCUT2D eigenvalue weighted by atomic mass is 10.1. The number of anilines is 2. The van der Waals surface area contributed by atoms with E-state index >= 15 is 0 Å². The van der Waals surface area contributed by atoms with Crippen molar-refractivity contribution in [1.82, 2.24) is 9.97 Å². The quantitative estimate of drug-likeness (QED) is 0.877. The zero-order chi connectivity index (χ0) is 14.4. The number of aryl methyl sites for hydroxylation is 2. The van der Waals surface area contributed by atoms with Crippen molar-refractivity contribution in [3.8, 4) is 0 Å². The van der Waals surface area contributed by atoms with Gasteiger partial charge in [-0.25, -0.2) is 9.97 Å². The number of rotatable bonds is 6. The van der Waals surface area contributed by atoms with Gasteiger partial charge in [0.05, 0.1) is 0 Å². The molecule has 0 aliphatic heterocycles. The second-order valence-corrected chi connectivity index (χ2v) is 4.80. The second kappa shape index (κ2) is 7.01. The predicted octanol–water partition coefficient (Wildman–Crippen LogP) is 2.83. The number of nitrogens with two attached hydrogens (primary N) is 1. The summed E-state index contributed by atoms with van der Waals surface area (Å²) in [6.07, 6.45) is 3.48. The molecule has 0 fully saturated rings. The molecule has 4 heteroatoms. The minimum atomic E-state index is 0.675. The highest BCUT2D eigenvalue weighted by Gasteiger charge is 2.12. The van der Waals surface area contributed by atoms with Gasteiger partial charge >= 0.3 is 0 Å². The standard InChI is InChI=1S/C16H22N4/c1-3-14-11-16(19-12-18-14)20(10-6-9-17)15-8-5-4-7-13(15)2/h4-5,7-8,11-12H,3,6,9-10,17H2,1-2H3. The molecule has 1 aromatic heterocycles. The molecule has 2 N–H and O–H groups in total. The summed E-state index contributed by atoms with van der Waals surface area (Å²) in [6.45, 7) is 5.76. The molecule has 106 valence electrons. The van der Waals surface area contributed by atoms with E-state index in [0.29, 0.717) is 6.54 Å². The van der Waals surface area contributed by atoms with E-state index in [9.17, 15) is 0 Å². The van der Waals surface area contributed by atoms with Crippen LogP contribution in [0.2, 0.25) is 0 Å². The van der Waals surface area contributed by atoms with Gasteiger partial charge < -0.3 is 10.6 Å². The largest absolute Gasteiger partial charge is 0.330 e. The van der Waals surface area contributed by atoms with Crippen LogP contribution in [-0.4, -0.2) is 23.1 Å². The smallest absolute Gasteiger partial charge is 0.136 e. The van der Waals surface area contributed by atoms with Crippen LogP contribution >= 0.6 is 0 Å². The molecule has 2 aromatic rings. The third-order valence-corrected chi connectivity index (χ3v) is 3.34. The SMILES string of the molecule is CCc1cc(N(CCCN)c2ccccc2C)ncn1. The van der Waals surface area contributed by atoms with Crippen LogP contribution < -0.4 is 10.6 Å². The van der Waals surface area contributed by atoms with Gasteiger partial charge in [0, 0.05) is 24.0 Å². The van der Waals surface area contributed by atoms with Crippen molar-refractivity contribution in [2.45, 2.75) is 26.7 Å². The van der Waals surface area contributed by atoms with E-state index in [1.165, 1.54) is 11.3 Å². The van der Waals surface area contributed by atoms with Gasteiger partial charge in [0.15, 0.2) is 0 Å². The summed E-state index contributed by atoms with van der Waals surface area (Å²) in [7, 11) is 0. The zero-order valence-electron chi connectivity index (χ0n) is 12.2. The summed E-state index contributed by atoms with van der Waals surface area (Å²) in [5.74, 6) is 0.944. The normalized spacial score (nSPS) is 10.6.